The minimum atomic E-state index is -2.51. The number of hydrogen-bond donors (Lipinski definition) is 2. The average Bonchev–Trinajstić information content (AvgIpc) is 3.37. The van der Waals surface area contributed by atoms with Gasteiger partial charge in [0, 0.05) is 43.7 Å². The first kappa shape index (κ1) is 23.9. The molecule has 5 rings (SSSR count). The van der Waals surface area contributed by atoms with Crippen molar-refractivity contribution >= 4 is 34.1 Å². The van der Waals surface area contributed by atoms with E-state index in [1.807, 2.05) is 6.92 Å². The largest absolute Gasteiger partial charge is 0.480 e. The van der Waals surface area contributed by atoms with Gasteiger partial charge in [-0.3, -0.25) is 4.79 Å². The zero-order valence-electron chi connectivity index (χ0n) is 20.8. The maximum atomic E-state index is 13.1. The van der Waals surface area contributed by atoms with E-state index < -0.39 is 18.4 Å². The first-order valence-electron chi connectivity index (χ1n) is 11.6. The number of nitrogens with one attached hydrogen (secondary N) is 2. The molecule has 0 saturated heterocycles. The van der Waals surface area contributed by atoms with Crippen LogP contribution in [-0.2, 0) is 11.3 Å². The third kappa shape index (κ3) is 3.99. The lowest BCUT2D eigenvalue weighted by Gasteiger charge is -2.45. The molecule has 0 aromatic carbocycles. The fourth-order valence-corrected chi connectivity index (χ4v) is 5.10. The van der Waals surface area contributed by atoms with Crippen LogP contribution in [0.5, 0.6) is 5.88 Å². The summed E-state index contributed by atoms with van der Waals surface area (Å²) in [5.74, 6) is 1.35. The van der Waals surface area contributed by atoms with Gasteiger partial charge in [-0.2, -0.15) is 9.97 Å². The van der Waals surface area contributed by atoms with Crippen LogP contribution in [0.15, 0.2) is 18.5 Å². The summed E-state index contributed by atoms with van der Waals surface area (Å²) < 4.78 is 33.3. The van der Waals surface area contributed by atoms with Crippen molar-refractivity contribution < 1.29 is 18.3 Å². The molecule has 36 heavy (non-hydrogen) atoms. The molecule has 4 aromatic heterocycles. The van der Waals surface area contributed by atoms with Crippen LogP contribution < -0.4 is 10.1 Å². The van der Waals surface area contributed by atoms with Crippen molar-refractivity contribution in [2.45, 2.75) is 45.7 Å². The second-order valence-electron chi connectivity index (χ2n) is 9.72. The zero-order chi connectivity index (χ0) is 25.8. The fourth-order valence-electron chi connectivity index (χ4n) is 5.10. The molecule has 12 heteroatoms. The molecule has 0 spiro atoms. The Morgan fingerprint density at radius 2 is 2.08 bits per heavy atom. The number of carbonyl (C=O) groups excluding carboxylic acids is 1. The Morgan fingerprint density at radius 1 is 1.33 bits per heavy atom. The minimum absolute atomic E-state index is 0.0699. The number of pyridine rings is 1. The molecular weight excluding hydrogens is 470 g/mol. The van der Waals surface area contributed by atoms with Crippen LogP contribution in [0, 0.1) is 12.3 Å². The van der Waals surface area contributed by atoms with Gasteiger partial charge in [-0.05, 0) is 25.8 Å². The Balaban J connectivity index is 1.46. The average molecular weight is 499 g/mol. The van der Waals surface area contributed by atoms with Crippen molar-refractivity contribution in [3.05, 3.63) is 24.3 Å². The highest BCUT2D eigenvalue weighted by Gasteiger charge is 2.47. The lowest BCUT2D eigenvalue weighted by molar-refractivity contribution is -0.143. The molecule has 2 N–H and O–H groups in total. The number of amides is 1. The van der Waals surface area contributed by atoms with Gasteiger partial charge < -0.3 is 24.5 Å². The van der Waals surface area contributed by atoms with E-state index >= 15 is 0 Å². The summed E-state index contributed by atoms with van der Waals surface area (Å²) in [4.78, 5) is 35.0. The highest BCUT2D eigenvalue weighted by molar-refractivity contribution is 5.98. The number of alkyl halides is 2. The van der Waals surface area contributed by atoms with Crippen LogP contribution in [0.4, 0.5) is 14.7 Å². The van der Waals surface area contributed by atoms with Crippen LogP contribution in [0.3, 0.4) is 0 Å². The van der Waals surface area contributed by atoms with Crippen molar-refractivity contribution in [2.24, 2.45) is 5.41 Å². The van der Waals surface area contributed by atoms with Gasteiger partial charge in [0.2, 0.25) is 17.7 Å². The van der Waals surface area contributed by atoms with Crippen molar-refractivity contribution in [3.8, 4) is 17.0 Å². The predicted molar refractivity (Wildman–Crippen MR) is 131 cm³/mol. The Kier molecular flexibility index (Phi) is 5.76. The molecule has 190 valence electrons. The second kappa shape index (κ2) is 8.68. The lowest BCUT2D eigenvalue weighted by atomic mass is 9.66. The number of aryl methyl sites for hydroxylation is 1. The number of imidazole rings is 1. The Morgan fingerprint density at radius 3 is 2.75 bits per heavy atom. The number of fused-ring (bicyclic) bond motifs is 2. The first-order chi connectivity index (χ1) is 17.1. The summed E-state index contributed by atoms with van der Waals surface area (Å²) in [5.41, 5.74) is 2.53. The van der Waals surface area contributed by atoms with Gasteiger partial charge in [0.15, 0.2) is 5.65 Å². The summed E-state index contributed by atoms with van der Waals surface area (Å²) >= 11 is 0. The summed E-state index contributed by atoms with van der Waals surface area (Å²) in [6.07, 6.45) is 2.27. The summed E-state index contributed by atoms with van der Waals surface area (Å²) in [7, 11) is 5.06. The quantitative estimate of drug-likeness (QED) is 0.400. The second-order valence-corrected chi connectivity index (χ2v) is 9.72. The van der Waals surface area contributed by atoms with Gasteiger partial charge in [0.1, 0.15) is 11.5 Å². The lowest BCUT2D eigenvalue weighted by Crippen LogP contribution is -2.52. The number of methoxy groups -OCH3 is 1. The van der Waals surface area contributed by atoms with Crippen LogP contribution in [0.1, 0.15) is 25.6 Å². The van der Waals surface area contributed by atoms with E-state index in [-0.39, 0.29) is 11.9 Å². The molecule has 0 unspecified atom stereocenters. The van der Waals surface area contributed by atoms with Gasteiger partial charge in [-0.15, -0.1) is 0 Å². The van der Waals surface area contributed by atoms with Crippen molar-refractivity contribution in [1.82, 2.24) is 34.4 Å². The molecule has 1 amide bonds. The SMILES string of the molecule is COc1nc(N[C@H]2C[C@](C)(C(=O)N(C)C)C2)nc2[nH]cc(-c3cnc4nc(C)n(CC(F)F)c4c3)c12. The number of nitrogens with zero attached hydrogens (tertiary/aromatic N) is 6. The molecule has 4 heterocycles. The summed E-state index contributed by atoms with van der Waals surface area (Å²) in [6, 6.07) is 1.86. The highest BCUT2D eigenvalue weighted by Crippen LogP contribution is 2.43. The molecule has 1 saturated carbocycles. The number of ether oxygens (including phenoxy) is 1. The monoisotopic (exact) mass is 498 g/mol. The maximum Gasteiger partial charge on any atom is 0.256 e. The smallest absolute Gasteiger partial charge is 0.256 e. The van der Waals surface area contributed by atoms with Crippen molar-refractivity contribution in [1.29, 1.82) is 0 Å². The third-order valence-corrected chi connectivity index (χ3v) is 6.77. The van der Waals surface area contributed by atoms with Crippen LogP contribution in [0.2, 0.25) is 0 Å². The topological polar surface area (TPSA) is 114 Å². The van der Waals surface area contributed by atoms with Gasteiger partial charge in [0.25, 0.3) is 6.43 Å². The van der Waals surface area contributed by atoms with Crippen molar-refractivity contribution in [2.75, 3.05) is 26.5 Å². The number of aromatic amines is 1. The van der Waals surface area contributed by atoms with Gasteiger partial charge >= 0.3 is 0 Å². The summed E-state index contributed by atoms with van der Waals surface area (Å²) in [6.45, 7) is 3.19. The van der Waals surface area contributed by atoms with E-state index in [0.29, 0.717) is 58.3 Å². The molecule has 0 bridgehead atoms. The number of anilines is 1. The normalized spacial score (nSPS) is 19.6. The molecule has 0 aliphatic heterocycles. The molecular formula is C24H28F2N8O2. The maximum absolute atomic E-state index is 13.1. The highest BCUT2D eigenvalue weighted by atomic mass is 19.3. The number of H-pyrrole nitrogens is 1. The predicted octanol–water partition coefficient (Wildman–Crippen LogP) is 3.62. The summed E-state index contributed by atoms with van der Waals surface area (Å²) in [5, 5.41) is 3.96. The van der Waals surface area contributed by atoms with E-state index in [0.717, 1.165) is 5.56 Å². The molecule has 4 aromatic rings. The third-order valence-electron chi connectivity index (χ3n) is 6.77. The van der Waals surface area contributed by atoms with Gasteiger partial charge in [-0.1, -0.05) is 6.92 Å². The Labute approximate surface area is 206 Å². The number of rotatable bonds is 7. The standard InChI is InChI=1S/C24H28F2N8O2/c1-12-29-19-16(34(12)11-17(25)26)6-13(9-27-19)15-10-28-20-18(15)21(36-5)32-23(31-20)30-14-7-24(2,8-14)22(35)33(3)4/h6,9-10,14,17H,7-8,11H2,1-5H3,(H2,28,30,31,32)/t14-,24-. The number of hydrogen-bond acceptors (Lipinski definition) is 7. The van der Waals surface area contributed by atoms with Crippen molar-refractivity contribution in [3.63, 3.8) is 0 Å². The molecule has 0 radical (unpaired) electrons. The molecule has 0 atom stereocenters. The van der Waals surface area contributed by atoms with E-state index in [9.17, 15) is 13.6 Å². The Hall–Kier alpha value is -3.83. The number of aromatic nitrogens is 6. The van der Waals surface area contributed by atoms with Crippen LogP contribution in [0.25, 0.3) is 33.3 Å². The van der Waals surface area contributed by atoms with Gasteiger partial charge in [0.05, 0.1) is 30.0 Å². The Bertz CT molecular complexity index is 1460. The molecule has 1 fully saturated rings. The van der Waals surface area contributed by atoms with Crippen LogP contribution in [-0.4, -0.2) is 74.0 Å². The van der Waals surface area contributed by atoms with E-state index in [1.54, 1.807) is 44.4 Å². The minimum Gasteiger partial charge on any atom is -0.480 e. The first-order valence-corrected chi connectivity index (χ1v) is 11.6. The fraction of sp³-hybridized carbons (Fsp3) is 0.458. The van der Waals surface area contributed by atoms with E-state index in [4.69, 9.17) is 4.74 Å². The number of carbonyl (C=O) groups is 1. The van der Waals surface area contributed by atoms with Gasteiger partial charge in [-0.25, -0.2) is 18.7 Å². The van der Waals surface area contributed by atoms with E-state index in [2.05, 4.69) is 30.2 Å². The van der Waals surface area contributed by atoms with Crippen LogP contribution >= 0.6 is 0 Å². The zero-order valence-corrected chi connectivity index (χ0v) is 20.8. The number of halogens is 2. The molecule has 10 nitrogen and oxygen atoms in total. The van der Waals surface area contributed by atoms with E-state index in [1.165, 1.54) is 11.7 Å². The molecule has 1 aliphatic rings. The molecule has 1 aliphatic carbocycles.